The number of hydrogen-bond donors (Lipinski definition) is 0. The van der Waals surface area contributed by atoms with E-state index >= 15 is 0 Å². The number of ether oxygens (including phenoxy) is 1. The molecule has 0 amide bonds. The Labute approximate surface area is 195 Å². The van der Waals surface area contributed by atoms with Gasteiger partial charge in [-0.15, -0.1) is 0 Å². The molecule has 0 unspecified atom stereocenters. The molecule has 33 heavy (non-hydrogen) atoms. The monoisotopic (exact) mass is 459 g/mol. The van der Waals surface area contributed by atoms with Crippen molar-refractivity contribution in [1.29, 1.82) is 0 Å². The molecule has 2 saturated heterocycles. The third kappa shape index (κ3) is 5.03. The van der Waals surface area contributed by atoms with E-state index in [9.17, 15) is 13.2 Å². The largest absolute Gasteiger partial charge is 0.490 e. The molecule has 0 radical (unpaired) electrons. The van der Waals surface area contributed by atoms with Gasteiger partial charge in [0.15, 0.2) is 0 Å². The highest BCUT2D eigenvalue weighted by atomic mass is 19.4. The summed E-state index contributed by atoms with van der Waals surface area (Å²) in [5, 5.41) is 0.908. The van der Waals surface area contributed by atoms with Crippen LogP contribution in [0.4, 0.5) is 13.2 Å². The second-order valence-electron chi connectivity index (χ2n) is 10.6. The summed E-state index contributed by atoms with van der Waals surface area (Å²) >= 11 is 0. The maximum atomic E-state index is 14.3. The number of alkyl halides is 3. The van der Waals surface area contributed by atoms with Gasteiger partial charge in [-0.25, -0.2) is 0 Å². The van der Waals surface area contributed by atoms with Crippen molar-refractivity contribution in [3.8, 4) is 5.75 Å². The predicted octanol–water partition coefficient (Wildman–Crippen LogP) is 7.77. The fraction of sp³-hybridized carbons (Fsp3) is 0.643. The number of nitrogens with zero attached hydrogens (tertiary/aromatic N) is 1. The maximum Gasteiger partial charge on any atom is 0.420 e. The third-order valence-corrected chi connectivity index (χ3v) is 8.33. The first-order valence-electron chi connectivity index (χ1n) is 12.9. The van der Waals surface area contributed by atoms with Crippen LogP contribution in [0.25, 0.3) is 10.8 Å². The Morgan fingerprint density at radius 2 is 1.52 bits per heavy atom. The zero-order chi connectivity index (χ0) is 23.0. The molecule has 2 nitrogen and oxygen atoms in total. The van der Waals surface area contributed by atoms with Gasteiger partial charge in [0.2, 0.25) is 0 Å². The van der Waals surface area contributed by atoms with E-state index in [1.54, 1.807) is 12.1 Å². The van der Waals surface area contributed by atoms with E-state index < -0.39 is 11.7 Å². The van der Waals surface area contributed by atoms with E-state index in [2.05, 4.69) is 11.8 Å². The first-order valence-corrected chi connectivity index (χ1v) is 12.9. The number of benzene rings is 2. The quantitative estimate of drug-likeness (QED) is 0.453. The molecular weight excluding hydrogens is 423 g/mol. The van der Waals surface area contributed by atoms with Crippen LogP contribution in [0.1, 0.15) is 82.3 Å². The number of fused-ring (bicyclic) bond motifs is 3. The van der Waals surface area contributed by atoms with Gasteiger partial charge in [-0.05, 0) is 86.1 Å². The van der Waals surface area contributed by atoms with Gasteiger partial charge >= 0.3 is 6.18 Å². The fourth-order valence-corrected chi connectivity index (χ4v) is 6.47. The lowest BCUT2D eigenvalue weighted by atomic mass is 9.84. The third-order valence-electron chi connectivity index (χ3n) is 8.33. The van der Waals surface area contributed by atoms with E-state index in [4.69, 9.17) is 4.74 Å². The Balaban J connectivity index is 1.40. The second kappa shape index (κ2) is 9.48. The minimum Gasteiger partial charge on any atom is -0.490 e. The van der Waals surface area contributed by atoms with E-state index in [-0.39, 0.29) is 17.2 Å². The molecule has 2 aliphatic heterocycles. The van der Waals surface area contributed by atoms with Crippen LogP contribution in [-0.2, 0) is 12.6 Å². The first kappa shape index (κ1) is 23.0. The molecule has 5 rings (SSSR count). The van der Waals surface area contributed by atoms with Gasteiger partial charge in [0.1, 0.15) is 11.3 Å². The molecule has 0 N–H and O–H groups in total. The van der Waals surface area contributed by atoms with Crippen molar-refractivity contribution in [2.24, 2.45) is 5.92 Å². The molecule has 2 bridgehead atoms. The molecule has 2 aromatic rings. The van der Waals surface area contributed by atoms with Crippen LogP contribution in [0.5, 0.6) is 5.75 Å². The van der Waals surface area contributed by atoms with Gasteiger partial charge in [-0.2, -0.15) is 13.2 Å². The minimum absolute atomic E-state index is 0.00253. The smallest absolute Gasteiger partial charge is 0.420 e. The average molecular weight is 460 g/mol. The van der Waals surface area contributed by atoms with Crippen molar-refractivity contribution in [1.82, 2.24) is 4.90 Å². The highest BCUT2D eigenvalue weighted by Gasteiger charge is 2.38. The summed E-state index contributed by atoms with van der Waals surface area (Å²) in [4.78, 5) is 2.64. The van der Waals surface area contributed by atoms with Gasteiger partial charge in [-0.3, -0.25) is 4.90 Å². The number of hydrogen-bond acceptors (Lipinski definition) is 2. The molecule has 2 aromatic carbocycles. The molecule has 0 spiro atoms. The van der Waals surface area contributed by atoms with Crippen LogP contribution < -0.4 is 4.74 Å². The Morgan fingerprint density at radius 3 is 2.15 bits per heavy atom. The lowest BCUT2D eigenvalue weighted by molar-refractivity contribution is -0.138. The van der Waals surface area contributed by atoms with Crippen LogP contribution in [0, 0.1) is 5.92 Å². The maximum absolute atomic E-state index is 14.3. The van der Waals surface area contributed by atoms with Crippen molar-refractivity contribution in [3.63, 3.8) is 0 Å². The molecule has 5 heteroatoms. The van der Waals surface area contributed by atoms with E-state index in [0.29, 0.717) is 23.4 Å². The van der Waals surface area contributed by atoms with Crippen molar-refractivity contribution in [2.75, 3.05) is 6.54 Å². The van der Waals surface area contributed by atoms with Gasteiger partial charge in [0.25, 0.3) is 0 Å². The Hall–Kier alpha value is -1.75. The number of halogens is 3. The Bertz CT molecular complexity index is 942. The zero-order valence-electron chi connectivity index (χ0n) is 19.7. The molecular formula is C28H36F3NO. The van der Waals surface area contributed by atoms with Crippen LogP contribution in [0.15, 0.2) is 30.3 Å². The Kier molecular flexibility index (Phi) is 6.61. The van der Waals surface area contributed by atoms with Crippen LogP contribution >= 0.6 is 0 Å². The molecule has 3 fully saturated rings. The molecule has 1 saturated carbocycles. The molecule has 1 aliphatic carbocycles. The summed E-state index contributed by atoms with van der Waals surface area (Å²) in [6.45, 7) is 3.14. The minimum atomic E-state index is -4.45. The second-order valence-corrected chi connectivity index (χ2v) is 10.6. The van der Waals surface area contributed by atoms with Crippen molar-refractivity contribution < 1.29 is 17.9 Å². The zero-order valence-corrected chi connectivity index (χ0v) is 19.7. The van der Waals surface area contributed by atoms with Crippen LogP contribution in [-0.4, -0.2) is 29.6 Å². The summed E-state index contributed by atoms with van der Waals surface area (Å²) in [6, 6.07) is 10.3. The summed E-state index contributed by atoms with van der Waals surface area (Å²) in [5.41, 5.74) is 0.385. The van der Waals surface area contributed by atoms with E-state index in [0.717, 1.165) is 44.2 Å². The first-order chi connectivity index (χ1) is 15.9. The summed E-state index contributed by atoms with van der Waals surface area (Å²) < 4.78 is 48.8. The van der Waals surface area contributed by atoms with Gasteiger partial charge in [0.05, 0.1) is 6.10 Å². The van der Waals surface area contributed by atoms with Crippen LogP contribution in [0.2, 0.25) is 0 Å². The molecule has 180 valence electrons. The lowest BCUT2D eigenvalue weighted by Crippen LogP contribution is -2.50. The summed E-state index contributed by atoms with van der Waals surface area (Å²) in [6.07, 6.45) is 7.64. The van der Waals surface area contributed by atoms with Crippen molar-refractivity contribution in [3.05, 3.63) is 41.5 Å². The SMILES string of the molecule is C[C@H]1CC[C@@H](Oc2ccc3ccc(CCN4C5CCCC4CCC5)cc3c2C(F)(F)F)CC1. The standard InChI is InChI=1S/C28H36F3NO/c1-19-8-13-24(14-9-19)33-26-15-12-21-11-10-20(18-25(21)27(26)28(29,30)31)16-17-32-22-4-2-5-23(32)7-3-6-22/h10-12,15,18-19,22-24H,2-9,13-14,16-17H2,1H3/t19-,22?,23?,24+. The molecule has 2 heterocycles. The van der Waals surface area contributed by atoms with Gasteiger partial charge < -0.3 is 4.74 Å². The fourth-order valence-electron chi connectivity index (χ4n) is 6.47. The molecule has 0 atom stereocenters. The van der Waals surface area contributed by atoms with Crippen molar-refractivity contribution >= 4 is 10.8 Å². The number of piperidine rings is 2. The topological polar surface area (TPSA) is 12.5 Å². The Morgan fingerprint density at radius 1 is 0.879 bits per heavy atom. The summed E-state index contributed by atoms with van der Waals surface area (Å²) in [7, 11) is 0. The highest BCUT2D eigenvalue weighted by molar-refractivity contribution is 5.89. The normalized spacial score (nSPS) is 28.7. The molecule has 0 aromatic heterocycles. The van der Waals surface area contributed by atoms with Crippen LogP contribution in [0.3, 0.4) is 0 Å². The molecule has 3 aliphatic rings. The van der Waals surface area contributed by atoms with Gasteiger partial charge in [-0.1, -0.05) is 44.0 Å². The predicted molar refractivity (Wildman–Crippen MR) is 127 cm³/mol. The van der Waals surface area contributed by atoms with E-state index in [1.807, 2.05) is 12.1 Å². The van der Waals surface area contributed by atoms with Gasteiger partial charge in [0, 0.05) is 18.6 Å². The van der Waals surface area contributed by atoms with E-state index in [1.165, 1.54) is 44.6 Å². The summed E-state index contributed by atoms with van der Waals surface area (Å²) in [5.74, 6) is 0.628. The lowest BCUT2D eigenvalue weighted by Gasteiger charge is -2.46. The van der Waals surface area contributed by atoms with Crippen molar-refractivity contribution in [2.45, 2.75) is 102 Å². The average Bonchev–Trinajstić information content (AvgIpc) is 2.77. The number of rotatable bonds is 5. The highest BCUT2D eigenvalue weighted by Crippen LogP contribution is 2.43.